The predicted molar refractivity (Wildman–Crippen MR) is 114 cm³/mol. The molecule has 1 aromatic rings. The van der Waals surface area contributed by atoms with E-state index < -0.39 is 0 Å². The lowest BCUT2D eigenvalue weighted by atomic mass is 10.0. The zero-order valence-electron chi connectivity index (χ0n) is 17.6. The van der Waals surface area contributed by atoms with Crippen LogP contribution in [-0.2, 0) is 4.79 Å². The average molecular weight is 404 g/mol. The first-order valence-corrected chi connectivity index (χ1v) is 11.0. The molecule has 1 amide bonds. The number of piperazine rings is 2. The van der Waals surface area contributed by atoms with Crippen molar-refractivity contribution in [2.45, 2.75) is 18.9 Å². The number of anilines is 1. The van der Waals surface area contributed by atoms with Crippen LogP contribution in [0.2, 0.25) is 0 Å². The molecule has 0 aromatic heterocycles. The highest BCUT2D eigenvalue weighted by Gasteiger charge is 2.29. The van der Waals surface area contributed by atoms with Gasteiger partial charge in [0.1, 0.15) is 5.82 Å². The minimum Gasteiger partial charge on any atom is -0.368 e. The normalized spacial score (nSPS) is 25.4. The second kappa shape index (κ2) is 9.41. The average Bonchev–Trinajstić information content (AvgIpc) is 2.75. The van der Waals surface area contributed by atoms with Gasteiger partial charge in [-0.3, -0.25) is 14.6 Å². The van der Waals surface area contributed by atoms with Crippen LogP contribution in [0.1, 0.15) is 12.8 Å². The number of likely N-dealkylation sites (tertiary alicyclic amines) is 1. The molecule has 0 spiro atoms. The highest BCUT2D eigenvalue weighted by atomic mass is 19.1. The zero-order chi connectivity index (χ0) is 20.2. The number of halogens is 1. The summed E-state index contributed by atoms with van der Waals surface area (Å²) in [6, 6.07) is 7.31. The Morgan fingerprint density at radius 3 is 2.31 bits per heavy atom. The summed E-state index contributed by atoms with van der Waals surface area (Å²) in [6.07, 6.45) is 2.60. The van der Waals surface area contributed by atoms with Gasteiger partial charge in [-0.2, -0.15) is 0 Å². The van der Waals surface area contributed by atoms with Gasteiger partial charge >= 0.3 is 0 Å². The fourth-order valence-corrected chi connectivity index (χ4v) is 4.88. The molecule has 3 heterocycles. The number of amides is 1. The maximum atomic E-state index is 13.1. The quantitative estimate of drug-likeness (QED) is 0.754. The third-order valence-electron chi connectivity index (χ3n) is 6.71. The highest BCUT2D eigenvalue weighted by molar-refractivity contribution is 5.78. The molecule has 0 radical (unpaired) electrons. The Labute approximate surface area is 173 Å². The summed E-state index contributed by atoms with van der Waals surface area (Å²) in [6.45, 7) is 10.2. The SMILES string of the molecule is CN1CCCC(N2CCN(CC(=O)N3CCN(c4ccc(F)cc4)CC3)CC2)C1. The van der Waals surface area contributed by atoms with E-state index in [1.165, 1.54) is 38.1 Å². The Kier molecular flexibility index (Phi) is 6.67. The van der Waals surface area contributed by atoms with Crippen LogP contribution in [-0.4, -0.2) is 111 Å². The van der Waals surface area contributed by atoms with Crippen molar-refractivity contribution in [1.29, 1.82) is 0 Å². The van der Waals surface area contributed by atoms with Crippen molar-refractivity contribution in [3.63, 3.8) is 0 Å². The maximum Gasteiger partial charge on any atom is 0.236 e. The Hall–Kier alpha value is -1.70. The van der Waals surface area contributed by atoms with Crippen LogP contribution in [0.15, 0.2) is 24.3 Å². The van der Waals surface area contributed by atoms with Crippen LogP contribution in [0.4, 0.5) is 10.1 Å². The molecule has 3 fully saturated rings. The fourth-order valence-electron chi connectivity index (χ4n) is 4.88. The number of nitrogens with zero attached hydrogens (tertiary/aromatic N) is 5. The standard InChI is InChI=1S/C22H34FN5O/c1-24-8-2-3-21(17-24)27-11-9-25(10-12-27)18-22(29)28-15-13-26(14-16-28)20-6-4-19(23)5-7-20/h4-7,21H,2-3,8-18H2,1H3. The smallest absolute Gasteiger partial charge is 0.236 e. The van der Waals surface area contributed by atoms with Crippen molar-refractivity contribution in [3.8, 4) is 0 Å². The summed E-state index contributed by atoms with van der Waals surface area (Å²) in [7, 11) is 2.22. The molecule has 3 aliphatic rings. The van der Waals surface area contributed by atoms with Gasteiger partial charge in [-0.25, -0.2) is 4.39 Å². The van der Waals surface area contributed by atoms with Gasteiger partial charge in [0, 0.05) is 70.6 Å². The lowest BCUT2D eigenvalue weighted by Gasteiger charge is -2.43. The van der Waals surface area contributed by atoms with Crippen molar-refractivity contribution in [1.82, 2.24) is 19.6 Å². The Bertz CT molecular complexity index is 668. The third kappa shape index (κ3) is 5.27. The molecule has 160 valence electrons. The van der Waals surface area contributed by atoms with Gasteiger partial charge in [0.05, 0.1) is 6.54 Å². The molecule has 6 nitrogen and oxygen atoms in total. The Morgan fingerprint density at radius 1 is 0.966 bits per heavy atom. The van der Waals surface area contributed by atoms with E-state index in [4.69, 9.17) is 0 Å². The fraction of sp³-hybridized carbons (Fsp3) is 0.682. The molecule has 3 saturated heterocycles. The van der Waals surface area contributed by atoms with Gasteiger partial charge < -0.3 is 14.7 Å². The Balaban J connectivity index is 1.19. The van der Waals surface area contributed by atoms with E-state index in [-0.39, 0.29) is 11.7 Å². The molecule has 1 unspecified atom stereocenters. The molecule has 4 rings (SSSR count). The lowest BCUT2D eigenvalue weighted by molar-refractivity contribution is -0.133. The summed E-state index contributed by atoms with van der Waals surface area (Å²) in [5.74, 6) is 0.0350. The maximum absolute atomic E-state index is 13.1. The number of carbonyl (C=O) groups is 1. The molecule has 29 heavy (non-hydrogen) atoms. The molecular formula is C22H34FN5O. The van der Waals surface area contributed by atoms with E-state index in [0.717, 1.165) is 58.0 Å². The van der Waals surface area contributed by atoms with Gasteiger partial charge in [-0.1, -0.05) is 0 Å². The van der Waals surface area contributed by atoms with Crippen LogP contribution in [0.5, 0.6) is 0 Å². The van der Waals surface area contributed by atoms with Gasteiger partial charge in [0.2, 0.25) is 5.91 Å². The lowest BCUT2D eigenvalue weighted by Crippen LogP contribution is -2.56. The van der Waals surface area contributed by atoms with E-state index in [1.807, 2.05) is 17.0 Å². The molecule has 3 aliphatic heterocycles. The Morgan fingerprint density at radius 2 is 1.66 bits per heavy atom. The minimum absolute atomic E-state index is 0.210. The molecule has 0 N–H and O–H groups in total. The van der Waals surface area contributed by atoms with Gasteiger partial charge in [-0.15, -0.1) is 0 Å². The zero-order valence-corrected chi connectivity index (χ0v) is 17.6. The first-order chi connectivity index (χ1) is 14.1. The molecule has 0 aliphatic carbocycles. The first-order valence-electron chi connectivity index (χ1n) is 11.0. The van der Waals surface area contributed by atoms with Crippen LogP contribution < -0.4 is 4.90 Å². The number of benzene rings is 1. The predicted octanol–water partition coefficient (Wildman–Crippen LogP) is 1.19. The number of rotatable bonds is 4. The number of piperidine rings is 1. The molecule has 7 heteroatoms. The second-order valence-electron chi connectivity index (χ2n) is 8.71. The van der Waals surface area contributed by atoms with E-state index in [9.17, 15) is 9.18 Å². The van der Waals surface area contributed by atoms with Crippen molar-refractivity contribution in [2.75, 3.05) is 83.9 Å². The number of hydrogen-bond acceptors (Lipinski definition) is 5. The molecule has 0 saturated carbocycles. The third-order valence-corrected chi connectivity index (χ3v) is 6.71. The number of likely N-dealkylation sites (N-methyl/N-ethyl adjacent to an activating group) is 1. The van der Waals surface area contributed by atoms with Crippen molar-refractivity contribution in [2.24, 2.45) is 0 Å². The van der Waals surface area contributed by atoms with Gasteiger partial charge in [-0.05, 0) is 50.7 Å². The minimum atomic E-state index is -0.210. The van der Waals surface area contributed by atoms with E-state index in [0.29, 0.717) is 12.6 Å². The van der Waals surface area contributed by atoms with Crippen LogP contribution in [0.25, 0.3) is 0 Å². The van der Waals surface area contributed by atoms with Gasteiger partial charge in [0.25, 0.3) is 0 Å². The highest BCUT2D eigenvalue weighted by Crippen LogP contribution is 2.18. The molecule has 1 atom stereocenters. The second-order valence-corrected chi connectivity index (χ2v) is 8.71. The van der Waals surface area contributed by atoms with E-state index in [2.05, 4.69) is 26.6 Å². The topological polar surface area (TPSA) is 33.3 Å². The van der Waals surface area contributed by atoms with Gasteiger partial charge in [0.15, 0.2) is 0 Å². The van der Waals surface area contributed by atoms with Crippen LogP contribution >= 0.6 is 0 Å². The number of hydrogen-bond donors (Lipinski definition) is 0. The largest absolute Gasteiger partial charge is 0.368 e. The number of carbonyl (C=O) groups excluding carboxylic acids is 1. The summed E-state index contributed by atoms with van der Waals surface area (Å²) in [4.78, 5) is 24.4. The monoisotopic (exact) mass is 403 g/mol. The molecule has 1 aromatic carbocycles. The van der Waals surface area contributed by atoms with Crippen molar-refractivity contribution < 1.29 is 9.18 Å². The first kappa shape index (κ1) is 20.6. The summed E-state index contributed by atoms with van der Waals surface area (Å²) in [5, 5.41) is 0. The van der Waals surface area contributed by atoms with E-state index >= 15 is 0 Å². The van der Waals surface area contributed by atoms with Crippen LogP contribution in [0.3, 0.4) is 0 Å². The molecule has 0 bridgehead atoms. The summed E-state index contributed by atoms with van der Waals surface area (Å²) >= 11 is 0. The summed E-state index contributed by atoms with van der Waals surface area (Å²) < 4.78 is 13.1. The van der Waals surface area contributed by atoms with Crippen molar-refractivity contribution >= 4 is 11.6 Å². The van der Waals surface area contributed by atoms with Crippen LogP contribution in [0, 0.1) is 5.82 Å². The summed E-state index contributed by atoms with van der Waals surface area (Å²) in [5.41, 5.74) is 1.03. The van der Waals surface area contributed by atoms with Crippen molar-refractivity contribution in [3.05, 3.63) is 30.1 Å². The van der Waals surface area contributed by atoms with E-state index in [1.54, 1.807) is 0 Å². The molecular weight excluding hydrogens is 369 g/mol.